The summed E-state index contributed by atoms with van der Waals surface area (Å²) in [5.41, 5.74) is -2.20. The maximum atomic E-state index is 13.6. The Morgan fingerprint density at radius 2 is 0.500 bits per heavy atom. The molecule has 4 aliphatic rings. The van der Waals surface area contributed by atoms with Gasteiger partial charge in [-0.2, -0.15) is 0 Å². The number of ether oxygens (including phenoxy) is 20. The van der Waals surface area contributed by atoms with Crippen LogP contribution in [0.15, 0.2) is 58.3 Å². The third kappa shape index (κ3) is 25.6. The molecule has 2 aromatic rings. The van der Waals surface area contributed by atoms with E-state index in [2.05, 4.69) is 10.6 Å². The Morgan fingerprint density at radius 3 is 0.750 bits per heavy atom. The van der Waals surface area contributed by atoms with Gasteiger partial charge in [-0.1, -0.05) is 23.5 Å². The fraction of sp³-hybridized carbons (Fsp3) is 0.585. The predicted molar refractivity (Wildman–Crippen MR) is 344 cm³/mol. The monoisotopic (exact) mass is 1510 g/mol. The van der Waals surface area contributed by atoms with Gasteiger partial charge in [-0.15, -0.1) is 0 Å². The normalized spacial score (nSPS) is 28.4. The number of carbonyl (C=O) groups excluding carboxylic acids is 15. The van der Waals surface area contributed by atoms with E-state index in [9.17, 15) is 71.9 Å². The van der Waals surface area contributed by atoms with Crippen LogP contribution in [0.5, 0.6) is 0 Å². The number of thioether (sulfide) groups is 2. The average Bonchev–Trinajstić information content (AvgIpc) is 0.770. The largest absolute Gasteiger partial charge is 0.463 e. The summed E-state index contributed by atoms with van der Waals surface area (Å²) in [6.45, 7) is 11.9. The Labute approximate surface area is 602 Å². The van der Waals surface area contributed by atoms with Gasteiger partial charge >= 0.3 is 89.6 Å². The molecule has 0 aromatic heterocycles. The van der Waals surface area contributed by atoms with Crippen molar-refractivity contribution >= 4 is 124 Å². The topological polar surface area (TPSA) is 465 Å². The lowest BCUT2D eigenvalue weighted by Crippen LogP contribution is -2.66. The molecular formula is C65H80N2O35S2. The number of anilines is 2. The van der Waals surface area contributed by atoms with Crippen molar-refractivity contribution < 1.29 is 167 Å². The zero-order valence-corrected chi connectivity index (χ0v) is 60.2. The van der Waals surface area contributed by atoms with Crippen LogP contribution in [0.25, 0.3) is 0 Å². The summed E-state index contributed by atoms with van der Waals surface area (Å²) in [6.07, 6.45) is -29.9. The van der Waals surface area contributed by atoms with Gasteiger partial charge in [-0.3, -0.25) is 67.1 Å². The number of nitrogens with one attached hydrogen (secondary N) is 2. The van der Waals surface area contributed by atoms with Crippen molar-refractivity contribution in [3.05, 3.63) is 48.5 Å². The third-order valence-corrected chi connectivity index (χ3v) is 16.8. The van der Waals surface area contributed by atoms with E-state index in [0.717, 1.165) is 120 Å². The lowest BCUT2D eigenvalue weighted by molar-refractivity contribution is -0.341. The molecule has 0 bridgehead atoms. The molecule has 4 fully saturated rings. The molecule has 2 N–H and O–H groups in total. The van der Waals surface area contributed by atoms with Gasteiger partial charge in [0.1, 0.15) is 73.9 Å². The maximum absolute atomic E-state index is 13.6. The Kier molecular flexibility index (Phi) is 31.4. The van der Waals surface area contributed by atoms with E-state index >= 15 is 0 Å². The minimum Gasteiger partial charge on any atom is -0.463 e. The molecule has 4 heterocycles. The number of hydrogen-bond donors (Lipinski definition) is 2. The van der Waals surface area contributed by atoms with E-state index in [1.54, 1.807) is 0 Å². The Hall–Kier alpha value is -9.25. The first-order valence-electron chi connectivity index (χ1n) is 31.7. The molecule has 20 atom stereocenters. The summed E-state index contributed by atoms with van der Waals surface area (Å²) in [7, 11) is 0. The number of esters is 14. The van der Waals surface area contributed by atoms with Gasteiger partial charge in [0, 0.05) is 118 Å². The highest BCUT2D eigenvalue weighted by atomic mass is 32.2. The molecule has 572 valence electrons. The van der Waals surface area contributed by atoms with Crippen LogP contribution < -0.4 is 10.6 Å². The summed E-state index contributed by atoms with van der Waals surface area (Å²) in [5, 5.41) is 5.38. The first-order chi connectivity index (χ1) is 48.9. The number of carbonyl (C=O) groups is 15. The van der Waals surface area contributed by atoms with Crippen LogP contribution in [0.4, 0.5) is 16.2 Å². The average molecular weight is 1510 g/mol. The van der Waals surface area contributed by atoms with Crippen molar-refractivity contribution in [3.8, 4) is 0 Å². The zero-order valence-electron chi connectivity index (χ0n) is 58.6. The van der Waals surface area contributed by atoms with E-state index in [4.69, 9.17) is 94.7 Å². The molecule has 37 nitrogen and oxygen atoms in total. The molecule has 0 saturated carbocycles. The number of rotatable bonds is 28. The molecule has 0 unspecified atom stereocenters. The van der Waals surface area contributed by atoms with Crippen molar-refractivity contribution in [1.29, 1.82) is 0 Å². The molecule has 4 aliphatic heterocycles. The summed E-state index contributed by atoms with van der Waals surface area (Å²) >= 11 is 1.84. The Balaban J connectivity index is 1.23. The number of benzene rings is 2. The second kappa shape index (κ2) is 39.0. The lowest BCUT2D eigenvalue weighted by atomic mass is 9.96. The summed E-state index contributed by atoms with van der Waals surface area (Å²) in [6, 6.07) is 11.3. The van der Waals surface area contributed by atoms with Gasteiger partial charge in [0.05, 0.1) is 0 Å². The van der Waals surface area contributed by atoms with Gasteiger partial charge in [0.15, 0.2) is 73.6 Å². The first kappa shape index (κ1) is 83.7. The molecule has 2 amide bonds. The fourth-order valence-electron chi connectivity index (χ4n) is 10.9. The van der Waals surface area contributed by atoms with Gasteiger partial charge in [0.25, 0.3) is 0 Å². The van der Waals surface area contributed by atoms with E-state index < -0.39 is 237 Å². The van der Waals surface area contributed by atoms with Gasteiger partial charge in [-0.25, -0.2) is 4.79 Å². The highest BCUT2D eigenvalue weighted by molar-refractivity contribution is 8.00. The van der Waals surface area contributed by atoms with Crippen molar-refractivity contribution in [2.24, 2.45) is 0 Å². The quantitative estimate of drug-likeness (QED) is 0.0913. The highest BCUT2D eigenvalue weighted by Crippen LogP contribution is 2.43. The van der Waals surface area contributed by atoms with Gasteiger partial charge in [0.2, 0.25) is 0 Å². The first-order valence-corrected chi connectivity index (χ1v) is 33.5. The van der Waals surface area contributed by atoms with Crippen LogP contribution in [0.3, 0.4) is 0 Å². The van der Waals surface area contributed by atoms with E-state index in [1.807, 2.05) is 0 Å². The van der Waals surface area contributed by atoms with E-state index in [0.29, 0.717) is 9.79 Å². The maximum Gasteiger partial charge on any atom is 0.323 e. The number of amides is 2. The summed E-state index contributed by atoms with van der Waals surface area (Å²) in [5.74, 6) is -12.7. The van der Waals surface area contributed by atoms with Crippen LogP contribution in [0.1, 0.15) is 96.9 Å². The molecule has 0 radical (unpaired) electrons. The standard InChI is InChI=1S/C65H80N2O35S2/c1-27(68)83-23-45-49(87-31(5)72)53(89-33(7)74)57(93-37(11)78)61(97-45)101-51-47(25-85-29(3)70)99-63(59(95-39(13)80)55(51)91-35(9)76)103-43-19-15-41(16-20-43)66-65(82)67-42-17-21-44(22-18-42)104-64-60(96-40(14)81)56(92-36(10)77)52(48(100-64)26-86-30(4)71)102-62-58(94-38(12)79)54(90-34(8)75)50(88-32(6)73)46(98-62)24-84-28(2)69/h15-22,45-64H,23-26H2,1-14H3,(H2,66,67,82)/t45-,46-,47-,48-,49-,50-,51-,52-,53+,54+,55+,56+,57-,58-,59-,60-,61-,62-,63+,64+/m1/s1. The SMILES string of the molecule is CC(=O)OC[C@H]1O[C@@H](Sc2ccc(NC(=O)Nc3ccc(S[C@@H]4O[C@H](COC(C)=O)[C@@H](O[C@H]5O[C@H](COC(C)=O)[C@@H](OC(C)=O)[C@H](OC(C)=O)[C@H]5OC(C)=O)[C@H](OC(C)=O)[C@H]4OC(C)=O)cc3)cc2)[C@H](OC(C)=O)[C@@H](OC(C)=O)[C@@H]1O[C@H]1O[C@H](COC(C)=O)[C@@H](OC(C)=O)[C@H](OC(C)=O)[C@H]1OC(C)=O. The van der Waals surface area contributed by atoms with Crippen molar-refractivity contribution in [3.63, 3.8) is 0 Å². The number of urea groups is 1. The van der Waals surface area contributed by atoms with Gasteiger partial charge in [-0.05, 0) is 48.5 Å². The number of hydrogen-bond acceptors (Lipinski definition) is 37. The zero-order chi connectivity index (χ0) is 77.0. The fourth-order valence-corrected chi connectivity index (χ4v) is 13.1. The van der Waals surface area contributed by atoms with Crippen molar-refractivity contribution in [1.82, 2.24) is 0 Å². The molecule has 104 heavy (non-hydrogen) atoms. The van der Waals surface area contributed by atoms with Crippen LogP contribution >= 0.6 is 23.5 Å². The molecule has 4 saturated heterocycles. The molecule has 0 aliphatic carbocycles. The summed E-state index contributed by atoms with van der Waals surface area (Å²) in [4.78, 5) is 191. The van der Waals surface area contributed by atoms with E-state index in [-0.39, 0.29) is 11.4 Å². The molecular weight excluding hydrogens is 1430 g/mol. The summed E-state index contributed by atoms with van der Waals surface area (Å²) < 4.78 is 116. The molecule has 6 rings (SSSR count). The minimum atomic E-state index is -1.90. The smallest absolute Gasteiger partial charge is 0.323 e. The van der Waals surface area contributed by atoms with Crippen molar-refractivity contribution in [2.75, 3.05) is 37.1 Å². The molecule has 2 aromatic carbocycles. The molecule has 0 spiro atoms. The Bertz CT molecular complexity index is 3230. The Morgan fingerprint density at radius 1 is 0.279 bits per heavy atom. The van der Waals surface area contributed by atoms with Crippen LogP contribution in [0.2, 0.25) is 0 Å². The van der Waals surface area contributed by atoms with Crippen molar-refractivity contribution in [2.45, 2.75) is 228 Å². The van der Waals surface area contributed by atoms with E-state index in [1.165, 1.54) is 48.5 Å². The van der Waals surface area contributed by atoms with Gasteiger partial charge < -0.3 is 105 Å². The second-order valence-electron chi connectivity index (χ2n) is 23.2. The third-order valence-electron chi connectivity index (χ3n) is 14.5. The highest BCUT2D eigenvalue weighted by Gasteiger charge is 2.60. The van der Waals surface area contributed by atoms with Crippen LogP contribution in [0, 0.1) is 0 Å². The lowest BCUT2D eigenvalue weighted by Gasteiger charge is -2.48. The second-order valence-corrected chi connectivity index (χ2v) is 25.5. The molecule has 39 heteroatoms. The van der Waals surface area contributed by atoms with Crippen LogP contribution in [-0.4, -0.2) is 237 Å². The predicted octanol–water partition coefficient (Wildman–Crippen LogP) is 2.75. The van der Waals surface area contributed by atoms with Crippen LogP contribution in [-0.2, 0) is 162 Å². The minimum absolute atomic E-state index is 0.233.